The molecule has 1 atom stereocenters. The Morgan fingerprint density at radius 2 is 1.56 bits per heavy atom. The van der Waals surface area contributed by atoms with Crippen LogP contribution in [0, 0.1) is 0 Å². The van der Waals surface area contributed by atoms with E-state index in [1.54, 1.807) is 48.5 Å². The molecule has 0 saturated heterocycles. The molecular formula is C31H27Cl2N3O7S2. The van der Waals surface area contributed by atoms with Crippen molar-refractivity contribution in [3.8, 4) is 11.5 Å². The van der Waals surface area contributed by atoms with Crippen molar-refractivity contribution in [2.75, 3.05) is 4.31 Å². The molecule has 10 nitrogen and oxygen atoms in total. The molecule has 0 aliphatic rings. The van der Waals surface area contributed by atoms with Gasteiger partial charge in [0, 0.05) is 15.6 Å². The summed E-state index contributed by atoms with van der Waals surface area (Å²) >= 11 is 12.2. The summed E-state index contributed by atoms with van der Waals surface area (Å²) in [5.41, 5.74) is 0.650. The summed E-state index contributed by atoms with van der Waals surface area (Å²) in [4.78, 5) is 16.6. The molecule has 5 rings (SSSR count). The highest BCUT2D eigenvalue weighted by Crippen LogP contribution is 2.34. The molecule has 1 aromatic heterocycles. The first kappa shape index (κ1) is 32.4. The molecule has 0 saturated carbocycles. The Balaban J connectivity index is 1.51. The lowest BCUT2D eigenvalue weighted by Crippen LogP contribution is -2.45. The van der Waals surface area contributed by atoms with Crippen molar-refractivity contribution in [2.45, 2.75) is 47.8 Å². The van der Waals surface area contributed by atoms with Crippen LogP contribution in [0.5, 0.6) is 0 Å². The van der Waals surface area contributed by atoms with E-state index in [0.29, 0.717) is 29.2 Å². The van der Waals surface area contributed by atoms with E-state index in [2.05, 4.69) is 10.1 Å². The van der Waals surface area contributed by atoms with E-state index < -0.39 is 37.6 Å². The van der Waals surface area contributed by atoms with Crippen LogP contribution >= 0.6 is 23.2 Å². The largest absolute Gasteiger partial charge is 0.480 e. The second-order valence-electron chi connectivity index (χ2n) is 10.2. The van der Waals surface area contributed by atoms with Gasteiger partial charge in [0.1, 0.15) is 11.8 Å². The molecule has 1 unspecified atom stereocenters. The number of carboxylic acid groups (broad SMARTS) is 1. The summed E-state index contributed by atoms with van der Waals surface area (Å²) in [5, 5.41) is 15.4. The molecule has 0 amide bonds. The van der Waals surface area contributed by atoms with Crippen molar-refractivity contribution >= 4 is 65.5 Å². The SMILES string of the molecule is CCCCC(C(=O)O)N(c1ccc2cc(-c3nc(CS(=O)(=O)c4ccccc4)no3)ccc2c1)S(=O)(=O)c1cc(Cl)cc(Cl)c1. The van der Waals surface area contributed by atoms with Gasteiger partial charge >= 0.3 is 5.97 Å². The summed E-state index contributed by atoms with van der Waals surface area (Å²) in [6.07, 6.45) is 1.22. The fourth-order valence-electron chi connectivity index (χ4n) is 4.83. The summed E-state index contributed by atoms with van der Waals surface area (Å²) < 4.78 is 59.7. The Morgan fingerprint density at radius 3 is 2.22 bits per heavy atom. The maximum absolute atomic E-state index is 14.0. The predicted octanol–water partition coefficient (Wildman–Crippen LogP) is 7.01. The number of fused-ring (bicyclic) bond motifs is 1. The number of hydrogen-bond donors (Lipinski definition) is 1. The third-order valence-corrected chi connectivity index (χ3v) is 10.9. The fraction of sp³-hybridized carbons (Fsp3) is 0.194. The summed E-state index contributed by atoms with van der Waals surface area (Å²) in [6, 6.07) is 20.2. The normalized spacial score (nSPS) is 12.7. The standard InChI is InChI=1S/C31H27Cl2N3O7S2/c1-2-3-9-28(31(37)38)36(45(41,42)27-17-23(32)16-24(33)18-27)25-13-12-20-14-22(11-10-21(20)15-25)30-34-29(35-43-30)19-44(39,40)26-7-5-4-6-8-26/h4-8,10-18,28H,2-3,9,19H2,1H3,(H,37,38). The third kappa shape index (κ3) is 7.14. The average Bonchev–Trinajstić information content (AvgIpc) is 3.46. The van der Waals surface area contributed by atoms with Crippen LogP contribution in [-0.2, 0) is 30.4 Å². The Hall–Kier alpha value is -3.97. The number of nitrogens with zero attached hydrogens (tertiary/aromatic N) is 3. The Kier molecular flexibility index (Phi) is 9.49. The van der Waals surface area contributed by atoms with E-state index in [0.717, 1.165) is 4.31 Å². The number of aliphatic carboxylic acids is 1. The van der Waals surface area contributed by atoms with Crippen molar-refractivity contribution in [2.24, 2.45) is 0 Å². The van der Waals surface area contributed by atoms with Gasteiger partial charge < -0.3 is 9.63 Å². The zero-order valence-corrected chi connectivity index (χ0v) is 26.9. The lowest BCUT2D eigenvalue weighted by Gasteiger charge is -2.30. The fourth-order valence-corrected chi connectivity index (χ4v) is 8.38. The molecule has 0 aliphatic heterocycles. The van der Waals surface area contributed by atoms with Gasteiger partial charge in [-0.1, -0.05) is 78.5 Å². The molecule has 45 heavy (non-hydrogen) atoms. The minimum absolute atomic E-state index is 0.00180. The molecule has 1 heterocycles. The molecule has 0 bridgehead atoms. The third-order valence-electron chi connectivity index (χ3n) is 7.01. The van der Waals surface area contributed by atoms with Crippen LogP contribution in [0.1, 0.15) is 32.0 Å². The van der Waals surface area contributed by atoms with Gasteiger partial charge in [-0.15, -0.1) is 0 Å². The van der Waals surface area contributed by atoms with Gasteiger partial charge in [0.05, 0.1) is 15.5 Å². The lowest BCUT2D eigenvalue weighted by molar-refractivity contribution is -0.138. The van der Waals surface area contributed by atoms with Crippen molar-refractivity contribution in [3.63, 3.8) is 0 Å². The monoisotopic (exact) mass is 687 g/mol. The van der Waals surface area contributed by atoms with Crippen LogP contribution in [0.4, 0.5) is 5.69 Å². The maximum Gasteiger partial charge on any atom is 0.327 e. The topological polar surface area (TPSA) is 148 Å². The highest BCUT2D eigenvalue weighted by molar-refractivity contribution is 7.93. The van der Waals surface area contributed by atoms with E-state index in [1.165, 1.54) is 36.4 Å². The van der Waals surface area contributed by atoms with Crippen LogP contribution in [0.15, 0.2) is 99.2 Å². The number of aromatic nitrogens is 2. The predicted molar refractivity (Wildman–Crippen MR) is 172 cm³/mol. The number of anilines is 1. The maximum atomic E-state index is 14.0. The quantitative estimate of drug-likeness (QED) is 0.146. The number of sulfonamides is 1. The second-order valence-corrected chi connectivity index (χ2v) is 14.9. The number of halogens is 2. The first-order valence-corrected chi connectivity index (χ1v) is 17.6. The van der Waals surface area contributed by atoms with E-state index in [-0.39, 0.29) is 43.7 Å². The van der Waals surface area contributed by atoms with Crippen molar-refractivity contribution in [1.82, 2.24) is 10.1 Å². The van der Waals surface area contributed by atoms with Crippen molar-refractivity contribution < 1.29 is 31.3 Å². The number of carbonyl (C=O) groups is 1. The first-order chi connectivity index (χ1) is 21.4. The number of carboxylic acids is 1. The van der Waals surface area contributed by atoms with Gasteiger partial charge in [-0.25, -0.2) is 21.6 Å². The summed E-state index contributed by atoms with van der Waals surface area (Å²) in [6.45, 7) is 1.89. The Bertz CT molecular complexity index is 2070. The minimum atomic E-state index is -4.42. The minimum Gasteiger partial charge on any atom is -0.480 e. The average molecular weight is 689 g/mol. The summed E-state index contributed by atoms with van der Waals surface area (Å²) in [5.74, 6) is -1.63. The molecule has 0 aliphatic carbocycles. The molecule has 4 aromatic carbocycles. The van der Waals surface area contributed by atoms with E-state index in [4.69, 9.17) is 27.7 Å². The molecule has 1 N–H and O–H groups in total. The van der Waals surface area contributed by atoms with Gasteiger partial charge in [-0.3, -0.25) is 4.31 Å². The molecule has 14 heteroatoms. The number of benzene rings is 4. The molecule has 0 spiro atoms. The summed E-state index contributed by atoms with van der Waals surface area (Å²) in [7, 11) is -8.11. The van der Waals surface area contributed by atoms with Gasteiger partial charge in [0.2, 0.25) is 0 Å². The lowest BCUT2D eigenvalue weighted by atomic mass is 10.0. The molecular weight excluding hydrogens is 661 g/mol. The Morgan fingerprint density at radius 1 is 0.889 bits per heavy atom. The highest BCUT2D eigenvalue weighted by atomic mass is 35.5. The molecule has 0 radical (unpaired) electrons. The first-order valence-electron chi connectivity index (χ1n) is 13.8. The zero-order valence-electron chi connectivity index (χ0n) is 23.8. The number of sulfone groups is 1. The van der Waals surface area contributed by atoms with Gasteiger partial charge in [-0.05, 0) is 71.8 Å². The van der Waals surface area contributed by atoms with Crippen LogP contribution in [0.25, 0.3) is 22.2 Å². The van der Waals surface area contributed by atoms with Crippen molar-refractivity contribution in [3.05, 3.63) is 101 Å². The van der Waals surface area contributed by atoms with E-state index in [9.17, 15) is 26.7 Å². The molecule has 5 aromatic rings. The molecule has 234 valence electrons. The van der Waals surface area contributed by atoms with Gasteiger partial charge in [0.25, 0.3) is 15.9 Å². The van der Waals surface area contributed by atoms with E-state index in [1.807, 2.05) is 6.92 Å². The Labute approximate surface area is 270 Å². The number of unbranched alkanes of at least 4 members (excludes halogenated alkanes) is 1. The van der Waals surface area contributed by atoms with Crippen LogP contribution in [0.3, 0.4) is 0 Å². The van der Waals surface area contributed by atoms with E-state index >= 15 is 0 Å². The molecule has 0 fully saturated rings. The zero-order chi connectivity index (χ0) is 32.4. The van der Waals surface area contributed by atoms with Crippen LogP contribution in [0.2, 0.25) is 10.0 Å². The van der Waals surface area contributed by atoms with Crippen LogP contribution in [-0.4, -0.2) is 44.1 Å². The van der Waals surface area contributed by atoms with Gasteiger partial charge in [-0.2, -0.15) is 4.98 Å². The number of hydrogen-bond acceptors (Lipinski definition) is 8. The van der Waals surface area contributed by atoms with Gasteiger partial charge in [0.15, 0.2) is 15.7 Å². The number of rotatable bonds is 12. The van der Waals surface area contributed by atoms with Crippen molar-refractivity contribution in [1.29, 1.82) is 0 Å². The van der Waals surface area contributed by atoms with Crippen LogP contribution < -0.4 is 4.31 Å². The highest BCUT2D eigenvalue weighted by Gasteiger charge is 2.36. The second kappa shape index (κ2) is 13.2. The smallest absolute Gasteiger partial charge is 0.327 e.